The van der Waals surface area contributed by atoms with Crippen molar-refractivity contribution in [1.29, 1.82) is 0 Å². The lowest BCUT2D eigenvalue weighted by Gasteiger charge is -2.10. The third-order valence-electron chi connectivity index (χ3n) is 4.48. The normalized spacial score (nSPS) is 10.8. The fourth-order valence-corrected chi connectivity index (χ4v) is 4.78. The number of nitrogens with one attached hydrogen (secondary N) is 2. The Labute approximate surface area is 192 Å². The maximum atomic E-state index is 12.5. The van der Waals surface area contributed by atoms with Gasteiger partial charge in [-0.05, 0) is 46.6 Å². The molecule has 5 nitrogen and oxygen atoms in total. The van der Waals surface area contributed by atoms with Gasteiger partial charge in [-0.2, -0.15) is 0 Å². The third kappa shape index (κ3) is 5.53. The standard InChI is InChI=1S/C22H22BrClN2O3S/c1-2-3-4-7-12-29-17-11-10-14(13-16(17)23)21(27)25-26-22(28)20-19(24)15-8-5-6-9-18(15)30-20/h5-6,8-11,13H,2-4,7,12H2,1H3,(H,25,27)(H,26,28). The van der Waals surface area contributed by atoms with Crippen LogP contribution in [0.1, 0.15) is 52.6 Å². The van der Waals surface area contributed by atoms with Gasteiger partial charge in [0, 0.05) is 15.6 Å². The van der Waals surface area contributed by atoms with Gasteiger partial charge in [0.1, 0.15) is 10.6 Å². The average molecular weight is 510 g/mol. The molecule has 1 aromatic heterocycles. The first-order valence-corrected chi connectivity index (χ1v) is 11.7. The number of carbonyl (C=O) groups excluding carboxylic acids is 2. The Bertz CT molecular complexity index is 1050. The van der Waals surface area contributed by atoms with Crippen molar-refractivity contribution in [3.05, 3.63) is 62.4 Å². The summed E-state index contributed by atoms with van der Waals surface area (Å²) in [6.45, 7) is 2.80. The molecule has 0 unspecified atom stereocenters. The van der Waals surface area contributed by atoms with Gasteiger partial charge < -0.3 is 4.74 Å². The molecular weight excluding hydrogens is 488 g/mol. The topological polar surface area (TPSA) is 67.4 Å². The maximum absolute atomic E-state index is 12.5. The number of thiophene rings is 1. The summed E-state index contributed by atoms with van der Waals surface area (Å²) in [7, 11) is 0. The maximum Gasteiger partial charge on any atom is 0.281 e. The van der Waals surface area contributed by atoms with Crippen molar-refractivity contribution in [2.75, 3.05) is 6.61 Å². The van der Waals surface area contributed by atoms with Crippen LogP contribution < -0.4 is 15.6 Å². The molecule has 0 bridgehead atoms. The van der Waals surface area contributed by atoms with Gasteiger partial charge in [-0.15, -0.1) is 11.3 Å². The van der Waals surface area contributed by atoms with E-state index in [0.717, 1.165) is 22.9 Å². The molecule has 0 aliphatic carbocycles. The second-order valence-corrected chi connectivity index (χ2v) is 8.99. The minimum atomic E-state index is -0.458. The predicted octanol–water partition coefficient (Wildman–Crippen LogP) is 6.35. The largest absolute Gasteiger partial charge is 0.492 e. The van der Waals surface area contributed by atoms with Crippen LogP contribution in [0, 0.1) is 0 Å². The van der Waals surface area contributed by atoms with Crippen LogP contribution in [0.15, 0.2) is 46.9 Å². The summed E-state index contributed by atoms with van der Waals surface area (Å²) >= 11 is 11.0. The summed E-state index contributed by atoms with van der Waals surface area (Å²) in [5.41, 5.74) is 5.25. The molecule has 0 aliphatic heterocycles. The fourth-order valence-electron chi connectivity index (χ4n) is 2.87. The summed E-state index contributed by atoms with van der Waals surface area (Å²) in [6, 6.07) is 12.6. The van der Waals surface area contributed by atoms with Crippen molar-refractivity contribution in [2.45, 2.75) is 32.6 Å². The lowest BCUT2D eigenvalue weighted by atomic mass is 10.2. The van der Waals surface area contributed by atoms with E-state index >= 15 is 0 Å². The molecule has 2 amide bonds. The number of rotatable bonds is 8. The van der Waals surface area contributed by atoms with Gasteiger partial charge >= 0.3 is 0 Å². The van der Waals surface area contributed by atoms with Crippen molar-refractivity contribution in [2.24, 2.45) is 0 Å². The van der Waals surface area contributed by atoms with Crippen LogP contribution in [0.4, 0.5) is 0 Å². The molecule has 0 saturated carbocycles. The Kier molecular flexibility index (Phi) is 8.13. The number of benzene rings is 2. The van der Waals surface area contributed by atoms with Gasteiger partial charge in [0.25, 0.3) is 11.8 Å². The predicted molar refractivity (Wildman–Crippen MR) is 126 cm³/mol. The smallest absolute Gasteiger partial charge is 0.281 e. The first kappa shape index (κ1) is 22.6. The van der Waals surface area contributed by atoms with E-state index in [1.165, 1.54) is 24.2 Å². The molecule has 0 saturated heterocycles. The Morgan fingerprint density at radius 3 is 2.57 bits per heavy atom. The average Bonchev–Trinajstić information content (AvgIpc) is 3.09. The van der Waals surface area contributed by atoms with E-state index in [0.29, 0.717) is 32.3 Å². The molecule has 0 spiro atoms. The molecule has 158 valence electrons. The number of halogens is 2. The molecule has 30 heavy (non-hydrogen) atoms. The van der Waals surface area contributed by atoms with Crippen LogP contribution >= 0.6 is 38.9 Å². The molecule has 2 aromatic carbocycles. The van der Waals surface area contributed by atoms with E-state index in [-0.39, 0.29) is 0 Å². The zero-order chi connectivity index (χ0) is 21.5. The van der Waals surface area contributed by atoms with E-state index < -0.39 is 11.8 Å². The van der Waals surface area contributed by atoms with Crippen LogP contribution in [-0.4, -0.2) is 18.4 Å². The van der Waals surface area contributed by atoms with Crippen molar-refractivity contribution in [3.63, 3.8) is 0 Å². The van der Waals surface area contributed by atoms with Crippen LogP contribution in [0.2, 0.25) is 5.02 Å². The summed E-state index contributed by atoms with van der Waals surface area (Å²) < 4.78 is 7.35. The van der Waals surface area contributed by atoms with Crippen LogP contribution in [0.5, 0.6) is 5.75 Å². The molecule has 0 atom stereocenters. The van der Waals surface area contributed by atoms with Crippen molar-refractivity contribution < 1.29 is 14.3 Å². The Morgan fingerprint density at radius 1 is 1.07 bits per heavy atom. The van der Waals surface area contributed by atoms with E-state index in [1.54, 1.807) is 18.2 Å². The second-order valence-electron chi connectivity index (χ2n) is 6.70. The quantitative estimate of drug-likeness (QED) is 0.275. The molecule has 1 heterocycles. The minimum Gasteiger partial charge on any atom is -0.492 e. The molecule has 3 rings (SSSR count). The van der Waals surface area contributed by atoms with E-state index in [2.05, 4.69) is 33.7 Å². The molecular formula is C22H22BrClN2O3S. The highest BCUT2D eigenvalue weighted by molar-refractivity contribution is 9.10. The van der Waals surface area contributed by atoms with Crippen LogP contribution in [-0.2, 0) is 0 Å². The summed E-state index contributed by atoms with van der Waals surface area (Å²) in [5, 5.41) is 1.19. The molecule has 3 aromatic rings. The van der Waals surface area contributed by atoms with Gasteiger partial charge in [-0.1, -0.05) is 56.0 Å². The Balaban J connectivity index is 1.57. The SMILES string of the molecule is CCCCCCOc1ccc(C(=O)NNC(=O)c2sc3ccccc3c2Cl)cc1Br. The number of amides is 2. The van der Waals surface area contributed by atoms with Crippen molar-refractivity contribution in [3.8, 4) is 5.75 Å². The highest BCUT2D eigenvalue weighted by atomic mass is 79.9. The van der Waals surface area contributed by atoms with Crippen LogP contribution in [0.25, 0.3) is 10.1 Å². The number of unbranched alkanes of at least 4 members (excludes halogenated alkanes) is 3. The Hall–Kier alpha value is -2.09. The summed E-state index contributed by atoms with van der Waals surface area (Å²) in [4.78, 5) is 25.2. The number of carbonyl (C=O) groups is 2. The van der Waals surface area contributed by atoms with E-state index in [1.807, 2.05) is 24.3 Å². The zero-order valence-corrected chi connectivity index (χ0v) is 19.6. The minimum absolute atomic E-state index is 0.353. The summed E-state index contributed by atoms with van der Waals surface area (Å²) in [6.07, 6.45) is 4.51. The lowest BCUT2D eigenvalue weighted by molar-refractivity contribution is 0.0849. The number of hydrazine groups is 1. The molecule has 0 fully saturated rings. The first-order valence-electron chi connectivity index (χ1n) is 9.71. The van der Waals surface area contributed by atoms with Crippen LogP contribution in [0.3, 0.4) is 0 Å². The third-order valence-corrected chi connectivity index (χ3v) is 6.77. The molecule has 2 N–H and O–H groups in total. The highest BCUT2D eigenvalue weighted by Gasteiger charge is 2.18. The lowest BCUT2D eigenvalue weighted by Crippen LogP contribution is -2.41. The van der Waals surface area contributed by atoms with Gasteiger partial charge in [0.05, 0.1) is 16.1 Å². The summed E-state index contributed by atoms with van der Waals surface area (Å²) in [5.74, 6) is -0.208. The molecule has 8 heteroatoms. The number of ether oxygens (including phenoxy) is 1. The van der Waals surface area contributed by atoms with E-state index in [9.17, 15) is 9.59 Å². The van der Waals surface area contributed by atoms with Gasteiger partial charge in [-0.3, -0.25) is 20.4 Å². The van der Waals surface area contributed by atoms with Gasteiger partial charge in [0.2, 0.25) is 0 Å². The van der Waals surface area contributed by atoms with Crippen molar-refractivity contribution >= 4 is 60.8 Å². The number of hydrogen-bond acceptors (Lipinski definition) is 4. The molecule has 0 radical (unpaired) electrons. The zero-order valence-electron chi connectivity index (χ0n) is 16.5. The van der Waals surface area contributed by atoms with Crippen molar-refractivity contribution in [1.82, 2.24) is 10.9 Å². The number of fused-ring (bicyclic) bond motifs is 1. The second kappa shape index (κ2) is 10.8. The fraction of sp³-hybridized carbons (Fsp3) is 0.273. The van der Waals surface area contributed by atoms with E-state index in [4.69, 9.17) is 16.3 Å². The van der Waals surface area contributed by atoms with Gasteiger partial charge in [0.15, 0.2) is 0 Å². The Morgan fingerprint density at radius 2 is 1.83 bits per heavy atom. The molecule has 0 aliphatic rings. The number of hydrogen-bond donors (Lipinski definition) is 2. The van der Waals surface area contributed by atoms with Gasteiger partial charge in [-0.25, -0.2) is 0 Å². The highest BCUT2D eigenvalue weighted by Crippen LogP contribution is 2.34. The monoisotopic (exact) mass is 508 g/mol. The first-order chi connectivity index (χ1) is 14.5.